The van der Waals surface area contributed by atoms with E-state index < -0.39 is 5.97 Å². The van der Waals surface area contributed by atoms with Crippen LogP contribution in [0.4, 0.5) is 0 Å². The highest BCUT2D eigenvalue weighted by atomic mass is 16.5. The molecule has 2 aliphatic rings. The van der Waals surface area contributed by atoms with Crippen molar-refractivity contribution in [3.8, 4) is 5.75 Å². The highest BCUT2D eigenvalue weighted by molar-refractivity contribution is 5.84. The van der Waals surface area contributed by atoms with Crippen LogP contribution in [0.5, 0.6) is 5.75 Å². The Morgan fingerprint density at radius 1 is 1.00 bits per heavy atom. The minimum atomic E-state index is -0.695. The maximum Gasteiger partial charge on any atom is 0.304 e. The van der Waals surface area contributed by atoms with E-state index >= 15 is 0 Å². The second-order valence-corrected chi connectivity index (χ2v) is 11.0. The van der Waals surface area contributed by atoms with Gasteiger partial charge in [0.2, 0.25) is 0 Å². The summed E-state index contributed by atoms with van der Waals surface area (Å²) in [6.45, 7) is 8.87. The quantitative estimate of drug-likeness (QED) is 0.549. The van der Waals surface area contributed by atoms with Gasteiger partial charge in [-0.1, -0.05) is 45.4 Å². The van der Waals surface area contributed by atoms with E-state index in [-0.39, 0.29) is 12.5 Å². The molecule has 4 rings (SSSR count). The predicted octanol–water partition coefficient (Wildman–Crippen LogP) is 6.65. The summed E-state index contributed by atoms with van der Waals surface area (Å²) >= 11 is 0. The Balaban J connectivity index is 1.39. The van der Waals surface area contributed by atoms with Crippen molar-refractivity contribution >= 4 is 16.7 Å². The van der Waals surface area contributed by atoms with Gasteiger partial charge < -0.3 is 9.84 Å². The van der Waals surface area contributed by atoms with Crippen molar-refractivity contribution in [3.05, 3.63) is 42.0 Å². The summed E-state index contributed by atoms with van der Waals surface area (Å²) in [6, 6.07) is 13.2. The number of aliphatic carboxylic acids is 1. The van der Waals surface area contributed by atoms with Crippen molar-refractivity contribution in [1.82, 2.24) is 4.90 Å². The number of carboxylic acid groups (broad SMARTS) is 1. The van der Waals surface area contributed by atoms with Gasteiger partial charge in [0.05, 0.1) is 12.5 Å². The van der Waals surface area contributed by atoms with Gasteiger partial charge in [-0.15, -0.1) is 0 Å². The molecule has 1 aliphatic carbocycles. The molecule has 0 radical (unpaired) electrons. The van der Waals surface area contributed by atoms with E-state index in [1.807, 2.05) is 0 Å². The summed E-state index contributed by atoms with van der Waals surface area (Å²) in [5.41, 5.74) is 1.65. The van der Waals surface area contributed by atoms with Crippen molar-refractivity contribution in [2.24, 2.45) is 11.3 Å². The number of piperidine rings is 1. The van der Waals surface area contributed by atoms with Crippen LogP contribution < -0.4 is 4.74 Å². The normalized spacial score (nSPS) is 25.0. The summed E-state index contributed by atoms with van der Waals surface area (Å²) in [5, 5.41) is 11.7. The fourth-order valence-corrected chi connectivity index (χ4v) is 5.62. The molecule has 1 atom stereocenters. The van der Waals surface area contributed by atoms with Crippen molar-refractivity contribution in [3.63, 3.8) is 0 Å². The lowest BCUT2D eigenvalue weighted by Crippen LogP contribution is -2.40. The number of nitrogens with zero attached hydrogens (tertiary/aromatic N) is 1. The van der Waals surface area contributed by atoms with Crippen molar-refractivity contribution in [2.45, 2.75) is 90.8 Å². The molecule has 174 valence electrons. The van der Waals surface area contributed by atoms with E-state index in [0.717, 1.165) is 56.9 Å². The monoisotopic (exact) mass is 437 g/mol. The number of hydrogen-bond donors (Lipinski definition) is 1. The number of fused-ring (bicyclic) bond motifs is 1. The van der Waals surface area contributed by atoms with Crippen LogP contribution in [0.1, 0.15) is 77.7 Å². The Hall–Kier alpha value is -2.07. The minimum absolute atomic E-state index is 0.154. The van der Waals surface area contributed by atoms with Crippen molar-refractivity contribution < 1.29 is 14.6 Å². The maximum atomic E-state index is 11.2. The summed E-state index contributed by atoms with van der Waals surface area (Å²) in [7, 11) is 0. The molecule has 1 saturated heterocycles. The second kappa shape index (κ2) is 9.82. The molecular formula is C28H39NO3. The fourth-order valence-electron chi connectivity index (χ4n) is 5.62. The lowest BCUT2D eigenvalue weighted by Gasteiger charge is -2.37. The third-order valence-electron chi connectivity index (χ3n) is 7.62. The molecule has 0 aromatic heterocycles. The average Bonchev–Trinajstić information content (AvgIpc) is 2.75. The highest BCUT2D eigenvalue weighted by Gasteiger charge is 2.30. The van der Waals surface area contributed by atoms with E-state index in [1.54, 1.807) is 0 Å². The van der Waals surface area contributed by atoms with E-state index in [0.29, 0.717) is 11.5 Å². The fraction of sp³-hybridized carbons (Fsp3) is 0.607. The topological polar surface area (TPSA) is 49.8 Å². The molecule has 0 amide bonds. The van der Waals surface area contributed by atoms with Gasteiger partial charge in [-0.3, -0.25) is 9.69 Å². The molecule has 0 spiro atoms. The van der Waals surface area contributed by atoms with Crippen LogP contribution in [0.15, 0.2) is 36.4 Å². The van der Waals surface area contributed by atoms with Gasteiger partial charge in [0.15, 0.2) is 0 Å². The molecule has 2 aromatic rings. The van der Waals surface area contributed by atoms with E-state index in [4.69, 9.17) is 4.74 Å². The van der Waals surface area contributed by atoms with Gasteiger partial charge in [0.25, 0.3) is 0 Å². The molecule has 1 aliphatic heterocycles. The number of carbonyl (C=O) groups is 1. The predicted molar refractivity (Wildman–Crippen MR) is 130 cm³/mol. The number of benzene rings is 2. The van der Waals surface area contributed by atoms with Crippen LogP contribution in [0.3, 0.4) is 0 Å². The lowest BCUT2D eigenvalue weighted by molar-refractivity contribution is -0.138. The second-order valence-electron chi connectivity index (χ2n) is 11.0. The highest BCUT2D eigenvalue weighted by Crippen LogP contribution is 2.39. The third-order valence-corrected chi connectivity index (χ3v) is 7.62. The standard InChI is InChI=1S/C28H39NO3/c1-28(2,3)23-10-13-25(14-11-23)32-26-12-9-21-16-20(7-8-22(21)17-26)19-29-15-5-4-6-24(29)18-27(30)31/h7-9,12,16-17,23-25H,4-6,10-11,13-15,18-19H2,1-3H3,(H,30,31)/t23-,24?,25-. The molecule has 1 unspecified atom stereocenters. The zero-order valence-corrected chi connectivity index (χ0v) is 20.0. The Morgan fingerprint density at radius 2 is 1.72 bits per heavy atom. The number of ether oxygens (including phenoxy) is 1. The summed E-state index contributed by atoms with van der Waals surface area (Å²) in [4.78, 5) is 13.6. The Morgan fingerprint density at radius 3 is 2.44 bits per heavy atom. The van der Waals surface area contributed by atoms with E-state index in [1.165, 1.54) is 29.2 Å². The van der Waals surface area contributed by atoms with Crippen LogP contribution in [0.25, 0.3) is 10.8 Å². The van der Waals surface area contributed by atoms with Gasteiger partial charge in [0, 0.05) is 12.6 Å². The molecule has 0 bridgehead atoms. The molecule has 4 nitrogen and oxygen atoms in total. The lowest BCUT2D eigenvalue weighted by atomic mass is 9.72. The maximum absolute atomic E-state index is 11.2. The van der Waals surface area contributed by atoms with Gasteiger partial charge in [-0.2, -0.15) is 0 Å². The van der Waals surface area contributed by atoms with Gasteiger partial charge in [-0.25, -0.2) is 0 Å². The van der Waals surface area contributed by atoms with E-state index in [2.05, 4.69) is 62.1 Å². The smallest absolute Gasteiger partial charge is 0.304 e. The van der Waals surface area contributed by atoms with Crippen molar-refractivity contribution in [2.75, 3.05) is 6.54 Å². The largest absolute Gasteiger partial charge is 0.490 e. The number of hydrogen-bond acceptors (Lipinski definition) is 3. The molecule has 4 heteroatoms. The first-order valence-electron chi connectivity index (χ1n) is 12.4. The van der Waals surface area contributed by atoms with Gasteiger partial charge in [0.1, 0.15) is 5.75 Å². The van der Waals surface area contributed by atoms with Crippen LogP contribution >= 0.6 is 0 Å². The molecule has 1 N–H and O–H groups in total. The minimum Gasteiger partial charge on any atom is -0.490 e. The molecule has 32 heavy (non-hydrogen) atoms. The summed E-state index contributed by atoms with van der Waals surface area (Å²) < 4.78 is 6.36. The number of carboxylic acids is 1. The zero-order valence-electron chi connectivity index (χ0n) is 20.0. The van der Waals surface area contributed by atoms with Gasteiger partial charge in [-0.05, 0) is 90.9 Å². The number of rotatable bonds is 6. The first kappa shape index (κ1) is 23.1. The Labute approximate surface area is 192 Å². The van der Waals surface area contributed by atoms with Gasteiger partial charge >= 0.3 is 5.97 Å². The average molecular weight is 438 g/mol. The van der Waals surface area contributed by atoms with E-state index in [9.17, 15) is 9.90 Å². The van der Waals surface area contributed by atoms with Crippen LogP contribution in [-0.2, 0) is 11.3 Å². The summed E-state index contributed by atoms with van der Waals surface area (Å²) in [5.74, 6) is 1.08. The first-order valence-corrected chi connectivity index (χ1v) is 12.4. The SMILES string of the molecule is CC(C)(C)[C@H]1CC[C@H](Oc2ccc3cc(CN4CCCCC4CC(=O)O)ccc3c2)CC1. The van der Waals surface area contributed by atoms with Crippen molar-refractivity contribution in [1.29, 1.82) is 0 Å². The Kier molecular flexibility index (Phi) is 7.09. The first-order chi connectivity index (χ1) is 15.3. The van der Waals surface area contributed by atoms with Crippen LogP contribution in [0, 0.1) is 11.3 Å². The molecule has 1 saturated carbocycles. The molecule has 1 heterocycles. The Bertz CT molecular complexity index is 924. The molecule has 2 fully saturated rings. The number of likely N-dealkylation sites (tertiary alicyclic amines) is 1. The molecular weight excluding hydrogens is 398 g/mol. The van der Waals surface area contributed by atoms with Crippen LogP contribution in [-0.4, -0.2) is 34.7 Å². The van der Waals surface area contributed by atoms with Crippen LogP contribution in [0.2, 0.25) is 0 Å². The third kappa shape index (κ3) is 5.83. The molecule has 2 aromatic carbocycles. The summed E-state index contributed by atoms with van der Waals surface area (Å²) in [6.07, 6.45) is 8.64. The zero-order chi connectivity index (χ0) is 22.7.